The molecule has 0 fully saturated rings. The number of H-pyrrole nitrogens is 1. The Morgan fingerprint density at radius 3 is 2.78 bits per heavy atom. The zero-order chi connectivity index (χ0) is 13.7. The number of carbonyl (C=O) groups excluding carboxylic acids is 1. The largest absolute Gasteiger partial charge is 0.357 e. The number of anilines is 1. The maximum absolute atomic E-state index is 11.7. The van der Waals surface area contributed by atoms with E-state index < -0.39 is 6.04 Å². The van der Waals surface area contributed by atoms with Crippen LogP contribution in [0.3, 0.4) is 0 Å². The van der Waals surface area contributed by atoms with E-state index in [1.54, 1.807) is 6.92 Å². The Bertz CT molecular complexity index is 472. The molecule has 6 nitrogen and oxygen atoms in total. The van der Waals surface area contributed by atoms with Gasteiger partial charge in [0.25, 0.3) is 5.56 Å². The molecule has 7 heteroatoms. The number of hydrogen-bond donors (Lipinski definition) is 3. The number of aromatic amines is 1. The molecule has 18 heavy (non-hydrogen) atoms. The SMILES string of the molecule is CC(C)CNC(=O)C(C)Nc1nc[nH]c(=O)c1Br. The van der Waals surface area contributed by atoms with Crippen LogP contribution in [0.25, 0.3) is 0 Å². The predicted octanol–water partition coefficient (Wildman–Crippen LogP) is 1.10. The molecule has 1 amide bonds. The summed E-state index contributed by atoms with van der Waals surface area (Å²) >= 11 is 3.12. The lowest BCUT2D eigenvalue weighted by atomic mass is 10.2. The van der Waals surface area contributed by atoms with Gasteiger partial charge in [-0.05, 0) is 28.8 Å². The molecule has 0 spiro atoms. The first-order chi connectivity index (χ1) is 8.41. The molecule has 1 atom stereocenters. The van der Waals surface area contributed by atoms with Gasteiger partial charge in [0.05, 0.1) is 6.33 Å². The van der Waals surface area contributed by atoms with Crippen molar-refractivity contribution in [1.29, 1.82) is 0 Å². The van der Waals surface area contributed by atoms with E-state index >= 15 is 0 Å². The van der Waals surface area contributed by atoms with Gasteiger partial charge in [-0.25, -0.2) is 4.98 Å². The number of rotatable bonds is 5. The zero-order valence-corrected chi connectivity index (χ0v) is 12.2. The summed E-state index contributed by atoms with van der Waals surface area (Å²) in [5, 5.41) is 5.69. The molecule has 1 unspecified atom stereocenters. The smallest absolute Gasteiger partial charge is 0.267 e. The molecule has 1 aromatic heterocycles. The number of aromatic nitrogens is 2. The number of halogens is 1. The van der Waals surface area contributed by atoms with Gasteiger partial charge in [0.1, 0.15) is 16.3 Å². The van der Waals surface area contributed by atoms with Gasteiger partial charge >= 0.3 is 0 Å². The average Bonchev–Trinajstić information content (AvgIpc) is 2.31. The van der Waals surface area contributed by atoms with Crippen molar-refractivity contribution in [1.82, 2.24) is 15.3 Å². The fourth-order valence-electron chi connectivity index (χ4n) is 1.21. The summed E-state index contributed by atoms with van der Waals surface area (Å²) in [4.78, 5) is 29.5. The molecule has 0 aromatic carbocycles. The molecule has 0 aliphatic heterocycles. The molecular formula is C11H17BrN4O2. The van der Waals surface area contributed by atoms with Gasteiger partial charge in [-0.15, -0.1) is 0 Å². The number of hydrogen-bond acceptors (Lipinski definition) is 4. The summed E-state index contributed by atoms with van der Waals surface area (Å²) in [6, 6.07) is -0.464. The Kier molecular flexibility index (Phi) is 5.33. The van der Waals surface area contributed by atoms with Crippen LogP contribution in [0.15, 0.2) is 15.6 Å². The van der Waals surface area contributed by atoms with Crippen LogP contribution in [0.5, 0.6) is 0 Å². The Balaban J connectivity index is 2.64. The molecule has 0 saturated heterocycles. The van der Waals surface area contributed by atoms with Crippen molar-refractivity contribution in [2.24, 2.45) is 5.92 Å². The van der Waals surface area contributed by atoms with Crippen LogP contribution in [0, 0.1) is 5.92 Å². The zero-order valence-electron chi connectivity index (χ0n) is 10.6. The Hall–Kier alpha value is -1.37. The van der Waals surface area contributed by atoms with Crippen molar-refractivity contribution in [3.8, 4) is 0 Å². The van der Waals surface area contributed by atoms with E-state index in [0.29, 0.717) is 18.3 Å². The molecule has 3 N–H and O–H groups in total. The molecular weight excluding hydrogens is 300 g/mol. The lowest BCUT2D eigenvalue weighted by Crippen LogP contribution is -2.39. The first kappa shape index (κ1) is 14.7. The summed E-state index contributed by atoms with van der Waals surface area (Å²) in [5.74, 6) is 0.620. The number of nitrogens with zero attached hydrogens (tertiary/aromatic N) is 1. The fraction of sp³-hybridized carbons (Fsp3) is 0.545. The van der Waals surface area contributed by atoms with Crippen molar-refractivity contribution < 1.29 is 4.79 Å². The topological polar surface area (TPSA) is 86.9 Å². The van der Waals surface area contributed by atoms with Gasteiger partial charge in [-0.1, -0.05) is 13.8 Å². The lowest BCUT2D eigenvalue weighted by molar-refractivity contribution is -0.121. The molecule has 0 aliphatic rings. The molecule has 1 rings (SSSR count). The summed E-state index contributed by atoms with van der Waals surface area (Å²) in [7, 11) is 0. The van der Waals surface area contributed by atoms with E-state index in [4.69, 9.17) is 0 Å². The van der Waals surface area contributed by atoms with Crippen molar-refractivity contribution in [3.05, 3.63) is 21.2 Å². The molecule has 1 aromatic rings. The van der Waals surface area contributed by atoms with Crippen LogP contribution >= 0.6 is 15.9 Å². The molecule has 0 radical (unpaired) electrons. The van der Waals surface area contributed by atoms with Gasteiger partial charge < -0.3 is 15.6 Å². The summed E-state index contributed by atoms with van der Waals surface area (Å²) < 4.78 is 0.286. The van der Waals surface area contributed by atoms with Gasteiger partial charge in [0, 0.05) is 6.54 Å². The Morgan fingerprint density at radius 2 is 2.17 bits per heavy atom. The minimum atomic E-state index is -0.464. The fourth-order valence-corrected chi connectivity index (χ4v) is 1.54. The molecule has 1 heterocycles. The highest BCUT2D eigenvalue weighted by Crippen LogP contribution is 2.14. The maximum Gasteiger partial charge on any atom is 0.267 e. The van der Waals surface area contributed by atoms with E-state index in [2.05, 4.69) is 36.5 Å². The minimum absolute atomic E-state index is 0.127. The van der Waals surface area contributed by atoms with E-state index in [9.17, 15) is 9.59 Å². The molecule has 0 saturated carbocycles. The predicted molar refractivity (Wildman–Crippen MR) is 73.5 cm³/mol. The Morgan fingerprint density at radius 1 is 1.50 bits per heavy atom. The second-order valence-corrected chi connectivity index (χ2v) is 5.19. The number of nitrogens with one attached hydrogen (secondary N) is 3. The van der Waals surface area contributed by atoms with Gasteiger partial charge in [0.2, 0.25) is 5.91 Å². The summed E-state index contributed by atoms with van der Waals surface area (Å²) in [6.45, 7) is 6.38. The van der Waals surface area contributed by atoms with Gasteiger partial charge in [-0.2, -0.15) is 0 Å². The number of carbonyl (C=O) groups is 1. The normalized spacial score (nSPS) is 12.3. The highest BCUT2D eigenvalue weighted by Gasteiger charge is 2.15. The Labute approximate surface area is 114 Å². The minimum Gasteiger partial charge on any atom is -0.357 e. The third-order valence-electron chi connectivity index (χ3n) is 2.23. The highest BCUT2D eigenvalue weighted by atomic mass is 79.9. The quantitative estimate of drug-likeness (QED) is 0.759. The van der Waals surface area contributed by atoms with E-state index in [1.165, 1.54) is 6.33 Å². The maximum atomic E-state index is 11.7. The second kappa shape index (κ2) is 6.53. The first-order valence-electron chi connectivity index (χ1n) is 5.69. The van der Waals surface area contributed by atoms with Gasteiger partial charge in [-0.3, -0.25) is 9.59 Å². The molecule has 0 aliphatic carbocycles. The first-order valence-corrected chi connectivity index (χ1v) is 6.48. The van der Waals surface area contributed by atoms with Crippen LogP contribution < -0.4 is 16.2 Å². The third kappa shape index (κ3) is 4.14. The lowest BCUT2D eigenvalue weighted by Gasteiger charge is -2.15. The van der Waals surface area contributed by atoms with Crippen molar-refractivity contribution in [3.63, 3.8) is 0 Å². The van der Waals surface area contributed by atoms with Crippen LogP contribution in [0.4, 0.5) is 5.82 Å². The van der Waals surface area contributed by atoms with E-state index in [0.717, 1.165) is 0 Å². The molecule has 0 bridgehead atoms. The summed E-state index contributed by atoms with van der Waals surface area (Å²) in [6.07, 6.45) is 1.29. The highest BCUT2D eigenvalue weighted by molar-refractivity contribution is 9.10. The van der Waals surface area contributed by atoms with E-state index in [1.807, 2.05) is 13.8 Å². The van der Waals surface area contributed by atoms with Crippen molar-refractivity contribution in [2.75, 3.05) is 11.9 Å². The van der Waals surface area contributed by atoms with Crippen LogP contribution in [0.2, 0.25) is 0 Å². The second-order valence-electron chi connectivity index (χ2n) is 4.40. The van der Waals surface area contributed by atoms with Gasteiger partial charge in [0.15, 0.2) is 0 Å². The van der Waals surface area contributed by atoms with Crippen LogP contribution in [0.1, 0.15) is 20.8 Å². The van der Waals surface area contributed by atoms with E-state index in [-0.39, 0.29) is 15.9 Å². The monoisotopic (exact) mass is 316 g/mol. The van der Waals surface area contributed by atoms with Crippen LogP contribution in [-0.2, 0) is 4.79 Å². The third-order valence-corrected chi connectivity index (χ3v) is 2.96. The van der Waals surface area contributed by atoms with Crippen molar-refractivity contribution in [2.45, 2.75) is 26.8 Å². The summed E-state index contributed by atoms with van der Waals surface area (Å²) in [5.41, 5.74) is -0.290. The number of amides is 1. The van der Waals surface area contributed by atoms with Crippen LogP contribution in [-0.4, -0.2) is 28.5 Å². The van der Waals surface area contributed by atoms with Crippen molar-refractivity contribution >= 4 is 27.7 Å². The average molecular weight is 317 g/mol. The molecule has 100 valence electrons. The standard InChI is InChI=1S/C11H17BrN4O2/c1-6(2)4-13-10(17)7(3)16-9-8(12)11(18)15-5-14-9/h5-7H,4H2,1-3H3,(H,13,17)(H2,14,15,16,18).